The van der Waals surface area contributed by atoms with Crippen LogP contribution in [0.1, 0.15) is 83.1 Å². The van der Waals surface area contributed by atoms with Gasteiger partial charge in [0, 0.05) is 75.9 Å². The SMILES string of the molecule is CCO[Si]1(CC)O[Si](CC)(OCC)O[Si](CC)(OCC)O[Si](CC)(OCC)O[Si](CC)(OCC)O[Si](CC)(OCC)O1. The number of rotatable bonds is 18. The Kier molecular flexibility index (Phi) is 18.3. The van der Waals surface area contributed by atoms with Crippen LogP contribution >= 0.6 is 0 Å². The molecule has 1 heterocycles. The van der Waals surface area contributed by atoms with E-state index in [4.69, 9.17) is 51.2 Å². The fourth-order valence-corrected chi connectivity index (χ4v) is 32.9. The van der Waals surface area contributed by atoms with Gasteiger partial charge >= 0.3 is 52.8 Å². The molecule has 1 fully saturated rings. The molecular weight excluding hydrogens is 649 g/mol. The fraction of sp³-hybridized carbons (Fsp3) is 1.00. The van der Waals surface area contributed by atoms with Crippen LogP contribution < -0.4 is 0 Å². The van der Waals surface area contributed by atoms with E-state index < -0.39 is 52.8 Å². The maximum Gasteiger partial charge on any atom is 0.485 e. The van der Waals surface area contributed by atoms with Crippen molar-refractivity contribution in [1.82, 2.24) is 0 Å². The van der Waals surface area contributed by atoms with Crippen molar-refractivity contribution in [2.24, 2.45) is 0 Å². The Morgan fingerprint density at radius 3 is 0.452 bits per heavy atom. The van der Waals surface area contributed by atoms with Crippen LogP contribution in [0.15, 0.2) is 0 Å². The molecule has 0 bridgehead atoms. The second-order valence-corrected chi connectivity index (χ2v) is 28.5. The standard InChI is InChI=1S/C24H60O12Si6/c1-13-25-37(19-7)31-38(20-8,26-14-2)33-40(22-10,28-16-4)35-42(24-12,30-18-6)36-41(23-11,29-17-5)34-39(21-9,32-37)27-15-3/h13-24H2,1-12H3. The van der Waals surface area contributed by atoms with Gasteiger partial charge < -0.3 is 51.2 Å². The third-order valence-electron chi connectivity index (χ3n) is 6.65. The molecule has 42 heavy (non-hydrogen) atoms. The molecule has 0 unspecified atom stereocenters. The van der Waals surface area contributed by atoms with Crippen LogP contribution in [0.3, 0.4) is 0 Å². The molecule has 252 valence electrons. The van der Waals surface area contributed by atoms with E-state index in [-0.39, 0.29) is 0 Å². The van der Waals surface area contributed by atoms with Crippen LogP contribution in [0.2, 0.25) is 36.3 Å². The zero-order valence-corrected chi connectivity index (χ0v) is 34.4. The summed E-state index contributed by atoms with van der Waals surface area (Å²) >= 11 is 0. The summed E-state index contributed by atoms with van der Waals surface area (Å²) in [5, 5.41) is 0. The van der Waals surface area contributed by atoms with Gasteiger partial charge in [-0.25, -0.2) is 0 Å². The fourth-order valence-electron chi connectivity index (χ4n) is 4.70. The molecule has 1 aliphatic heterocycles. The van der Waals surface area contributed by atoms with Crippen molar-refractivity contribution in [1.29, 1.82) is 0 Å². The van der Waals surface area contributed by atoms with Gasteiger partial charge in [-0.3, -0.25) is 0 Å². The molecule has 0 aromatic heterocycles. The molecule has 0 radical (unpaired) electrons. The predicted molar refractivity (Wildman–Crippen MR) is 174 cm³/mol. The zero-order valence-electron chi connectivity index (χ0n) is 28.4. The van der Waals surface area contributed by atoms with Gasteiger partial charge in [0.05, 0.1) is 0 Å². The number of hydrogen-bond donors (Lipinski definition) is 0. The Morgan fingerprint density at radius 2 is 0.381 bits per heavy atom. The highest BCUT2D eigenvalue weighted by Gasteiger charge is 2.67. The molecule has 0 aliphatic carbocycles. The Labute approximate surface area is 262 Å². The van der Waals surface area contributed by atoms with E-state index >= 15 is 0 Å². The molecule has 0 atom stereocenters. The monoisotopic (exact) mass is 708 g/mol. The summed E-state index contributed by atoms with van der Waals surface area (Å²) in [6, 6.07) is 2.73. The molecule has 0 aromatic carbocycles. The first kappa shape index (κ1) is 40.8. The molecule has 0 spiro atoms. The van der Waals surface area contributed by atoms with E-state index in [1.54, 1.807) is 0 Å². The van der Waals surface area contributed by atoms with Crippen LogP contribution in [-0.2, 0) is 51.2 Å². The van der Waals surface area contributed by atoms with Crippen molar-refractivity contribution in [3.8, 4) is 0 Å². The van der Waals surface area contributed by atoms with Gasteiger partial charge in [0.15, 0.2) is 0 Å². The average Bonchev–Trinajstić information content (AvgIpc) is 2.97. The van der Waals surface area contributed by atoms with Crippen molar-refractivity contribution in [2.75, 3.05) is 39.6 Å². The van der Waals surface area contributed by atoms with Crippen molar-refractivity contribution in [3.05, 3.63) is 0 Å². The molecule has 1 saturated heterocycles. The largest absolute Gasteiger partial charge is 0.485 e. The molecule has 0 saturated carbocycles. The second kappa shape index (κ2) is 18.8. The van der Waals surface area contributed by atoms with Gasteiger partial charge in [-0.15, -0.1) is 0 Å². The summed E-state index contributed by atoms with van der Waals surface area (Å²) in [4.78, 5) is 0. The minimum Gasteiger partial charge on any atom is -0.375 e. The predicted octanol–water partition coefficient (Wildman–Crippen LogP) is 6.07. The minimum atomic E-state index is -3.55. The Morgan fingerprint density at radius 1 is 0.262 bits per heavy atom. The van der Waals surface area contributed by atoms with E-state index in [0.717, 1.165) is 0 Å². The van der Waals surface area contributed by atoms with Crippen LogP contribution in [0.25, 0.3) is 0 Å². The molecular formula is C24H60O12Si6. The van der Waals surface area contributed by atoms with Crippen molar-refractivity contribution < 1.29 is 51.2 Å². The van der Waals surface area contributed by atoms with Gasteiger partial charge in [-0.05, 0) is 41.5 Å². The van der Waals surface area contributed by atoms with Crippen LogP contribution in [0, 0.1) is 0 Å². The first-order valence-corrected chi connectivity index (χ1v) is 27.6. The van der Waals surface area contributed by atoms with Crippen molar-refractivity contribution in [2.45, 2.75) is 119 Å². The van der Waals surface area contributed by atoms with Gasteiger partial charge in [0.25, 0.3) is 0 Å². The van der Waals surface area contributed by atoms with Crippen LogP contribution in [0.5, 0.6) is 0 Å². The Balaban J connectivity index is 4.21. The zero-order chi connectivity index (χ0) is 32.0. The van der Waals surface area contributed by atoms with Crippen molar-refractivity contribution in [3.63, 3.8) is 0 Å². The summed E-state index contributed by atoms with van der Waals surface area (Å²) in [5.41, 5.74) is 0. The second-order valence-electron chi connectivity index (χ2n) is 9.43. The first-order chi connectivity index (χ1) is 20.0. The lowest BCUT2D eigenvalue weighted by Gasteiger charge is -2.49. The van der Waals surface area contributed by atoms with E-state index in [1.807, 2.05) is 83.1 Å². The molecule has 18 heteroatoms. The van der Waals surface area contributed by atoms with Gasteiger partial charge in [0.1, 0.15) is 0 Å². The average molecular weight is 709 g/mol. The maximum atomic E-state index is 7.05. The summed E-state index contributed by atoms with van der Waals surface area (Å²) in [5.74, 6) is 0. The summed E-state index contributed by atoms with van der Waals surface area (Å²) in [6.07, 6.45) is 0. The summed E-state index contributed by atoms with van der Waals surface area (Å²) in [6.45, 7) is 25.7. The van der Waals surface area contributed by atoms with Gasteiger partial charge in [-0.1, -0.05) is 41.5 Å². The lowest BCUT2D eigenvalue weighted by atomic mass is 10.9. The molecule has 0 amide bonds. The summed E-state index contributed by atoms with van der Waals surface area (Å²) in [7, 11) is -21.3. The van der Waals surface area contributed by atoms with Crippen LogP contribution in [0.4, 0.5) is 0 Å². The lowest BCUT2D eigenvalue weighted by molar-refractivity contribution is 0.0204. The van der Waals surface area contributed by atoms with E-state index in [1.165, 1.54) is 0 Å². The topological polar surface area (TPSA) is 111 Å². The van der Waals surface area contributed by atoms with E-state index in [0.29, 0.717) is 75.9 Å². The smallest absolute Gasteiger partial charge is 0.375 e. The Bertz CT molecular complexity index is 588. The van der Waals surface area contributed by atoms with E-state index in [9.17, 15) is 0 Å². The quantitative estimate of drug-likeness (QED) is 0.154. The molecule has 12 nitrogen and oxygen atoms in total. The highest BCUT2D eigenvalue weighted by molar-refractivity contribution is 6.89. The van der Waals surface area contributed by atoms with Crippen LogP contribution in [-0.4, -0.2) is 92.5 Å². The lowest BCUT2D eigenvalue weighted by Crippen LogP contribution is -2.72. The molecule has 1 rings (SSSR count). The van der Waals surface area contributed by atoms with Gasteiger partial charge in [-0.2, -0.15) is 0 Å². The molecule has 0 aromatic rings. The first-order valence-electron chi connectivity index (χ1n) is 16.0. The van der Waals surface area contributed by atoms with Gasteiger partial charge in [0.2, 0.25) is 0 Å². The van der Waals surface area contributed by atoms with Crippen molar-refractivity contribution >= 4 is 52.8 Å². The number of hydrogen-bond acceptors (Lipinski definition) is 12. The molecule has 1 aliphatic rings. The highest BCUT2D eigenvalue weighted by Crippen LogP contribution is 2.39. The third kappa shape index (κ3) is 10.4. The summed E-state index contributed by atoms with van der Waals surface area (Å²) < 4.78 is 81.0. The Hall–Kier alpha value is 0.821. The minimum absolute atomic E-state index is 0.369. The normalized spacial score (nSPS) is 36.9. The van der Waals surface area contributed by atoms with E-state index in [2.05, 4.69) is 0 Å². The maximum absolute atomic E-state index is 7.05. The molecule has 0 N–H and O–H groups in total. The highest BCUT2D eigenvalue weighted by atomic mass is 28.6. The third-order valence-corrected chi connectivity index (χ3v) is 31.1.